The van der Waals surface area contributed by atoms with Crippen molar-refractivity contribution in [1.29, 1.82) is 0 Å². The first-order valence-electron chi connectivity index (χ1n) is 6.44. The van der Waals surface area contributed by atoms with Crippen LogP contribution in [0.2, 0.25) is 0 Å². The Balaban J connectivity index is 2.09. The topological polar surface area (TPSA) is 95.6 Å². The molecule has 2 aromatic rings. The van der Waals surface area contributed by atoms with E-state index in [1.807, 2.05) is 16.8 Å². The number of hydrogen-bond acceptors (Lipinski definition) is 5. The summed E-state index contributed by atoms with van der Waals surface area (Å²) in [6.07, 6.45) is 2.45. The van der Waals surface area contributed by atoms with Crippen LogP contribution in [0.5, 0.6) is 0 Å². The number of tetrazole rings is 1. The fourth-order valence-corrected chi connectivity index (χ4v) is 2.49. The molecule has 0 spiro atoms. The molecule has 1 aliphatic rings. The first-order valence-corrected chi connectivity index (χ1v) is 6.44. The van der Waals surface area contributed by atoms with Crippen LogP contribution in [0, 0.1) is 5.92 Å². The predicted molar refractivity (Wildman–Crippen MR) is 74.1 cm³/mol. The number of nitrogens with two attached hydrogens (primary N) is 2. The van der Waals surface area contributed by atoms with Gasteiger partial charge in [-0.3, -0.25) is 0 Å². The molecule has 1 fully saturated rings. The van der Waals surface area contributed by atoms with E-state index in [4.69, 9.17) is 11.5 Å². The first-order chi connectivity index (χ1) is 9.00. The Labute approximate surface area is 111 Å². The molecular weight excluding hydrogens is 240 g/mol. The molecule has 4 N–H and O–H groups in total. The van der Waals surface area contributed by atoms with Crippen molar-refractivity contribution in [3.8, 4) is 11.4 Å². The first kappa shape index (κ1) is 12.0. The van der Waals surface area contributed by atoms with Crippen LogP contribution in [0.4, 0.5) is 11.4 Å². The highest BCUT2D eigenvalue weighted by Gasteiger charge is 2.41. The van der Waals surface area contributed by atoms with Gasteiger partial charge < -0.3 is 11.5 Å². The molecule has 1 aromatic carbocycles. The van der Waals surface area contributed by atoms with Crippen molar-refractivity contribution in [2.24, 2.45) is 5.92 Å². The van der Waals surface area contributed by atoms with Crippen LogP contribution in [-0.2, 0) is 5.54 Å². The van der Waals surface area contributed by atoms with Crippen molar-refractivity contribution in [1.82, 2.24) is 20.2 Å². The standard InChI is InChI=1S/C13H18N6/c1-13(2,8-3-4-8)19-12(16-17-18-19)10-6-5-9(14)7-11(10)15/h5-8H,3-4,14-15H2,1-2H3. The summed E-state index contributed by atoms with van der Waals surface area (Å²) in [5.74, 6) is 1.33. The number of hydrogen-bond donors (Lipinski definition) is 2. The zero-order valence-corrected chi connectivity index (χ0v) is 11.2. The average molecular weight is 258 g/mol. The van der Waals surface area contributed by atoms with E-state index in [2.05, 4.69) is 29.4 Å². The van der Waals surface area contributed by atoms with E-state index in [0.29, 0.717) is 23.1 Å². The van der Waals surface area contributed by atoms with Crippen LogP contribution in [-0.4, -0.2) is 20.2 Å². The number of rotatable bonds is 3. The van der Waals surface area contributed by atoms with Crippen LogP contribution in [0.15, 0.2) is 18.2 Å². The van der Waals surface area contributed by atoms with Crippen molar-refractivity contribution >= 4 is 11.4 Å². The Bertz CT molecular complexity index is 611. The lowest BCUT2D eigenvalue weighted by atomic mass is 9.98. The molecule has 0 atom stereocenters. The number of nitrogens with zero attached hydrogens (tertiary/aromatic N) is 4. The number of nitrogen functional groups attached to an aromatic ring is 2. The van der Waals surface area contributed by atoms with E-state index in [1.54, 1.807) is 6.07 Å². The Hall–Kier alpha value is -2.11. The van der Waals surface area contributed by atoms with Crippen molar-refractivity contribution in [3.05, 3.63) is 18.2 Å². The molecule has 1 saturated carbocycles. The van der Waals surface area contributed by atoms with Gasteiger partial charge in [-0.05, 0) is 61.2 Å². The predicted octanol–water partition coefficient (Wildman–Crippen LogP) is 1.65. The molecule has 19 heavy (non-hydrogen) atoms. The van der Waals surface area contributed by atoms with E-state index in [-0.39, 0.29) is 5.54 Å². The van der Waals surface area contributed by atoms with Gasteiger partial charge in [0.05, 0.1) is 5.54 Å². The van der Waals surface area contributed by atoms with Crippen LogP contribution in [0.1, 0.15) is 26.7 Å². The lowest BCUT2D eigenvalue weighted by Gasteiger charge is -2.25. The maximum atomic E-state index is 6.03. The fourth-order valence-electron chi connectivity index (χ4n) is 2.49. The summed E-state index contributed by atoms with van der Waals surface area (Å²) in [6.45, 7) is 4.33. The monoisotopic (exact) mass is 258 g/mol. The quantitative estimate of drug-likeness (QED) is 0.816. The summed E-state index contributed by atoms with van der Waals surface area (Å²) < 4.78 is 1.88. The van der Waals surface area contributed by atoms with E-state index in [9.17, 15) is 0 Å². The molecule has 0 aliphatic heterocycles. The van der Waals surface area contributed by atoms with Gasteiger partial charge in [0.15, 0.2) is 5.82 Å². The van der Waals surface area contributed by atoms with E-state index >= 15 is 0 Å². The Morgan fingerprint density at radius 3 is 2.63 bits per heavy atom. The van der Waals surface area contributed by atoms with Crippen LogP contribution < -0.4 is 11.5 Å². The number of benzene rings is 1. The average Bonchev–Trinajstić information content (AvgIpc) is 3.09. The van der Waals surface area contributed by atoms with Crippen LogP contribution in [0.3, 0.4) is 0 Å². The Kier molecular flexibility index (Phi) is 2.48. The van der Waals surface area contributed by atoms with Gasteiger partial charge in [0.2, 0.25) is 0 Å². The molecule has 0 radical (unpaired) electrons. The molecule has 0 unspecified atom stereocenters. The van der Waals surface area contributed by atoms with Gasteiger partial charge in [0, 0.05) is 16.9 Å². The van der Waals surface area contributed by atoms with E-state index in [0.717, 1.165) is 5.56 Å². The van der Waals surface area contributed by atoms with Gasteiger partial charge >= 0.3 is 0 Å². The smallest absolute Gasteiger partial charge is 0.184 e. The molecule has 1 aliphatic carbocycles. The van der Waals surface area contributed by atoms with E-state index < -0.39 is 0 Å². The lowest BCUT2D eigenvalue weighted by Crippen LogP contribution is -2.30. The minimum atomic E-state index is -0.0906. The number of aromatic nitrogens is 4. The molecule has 0 saturated heterocycles. The largest absolute Gasteiger partial charge is 0.399 e. The third kappa shape index (κ3) is 1.93. The zero-order valence-electron chi connectivity index (χ0n) is 11.2. The van der Waals surface area contributed by atoms with Crippen molar-refractivity contribution < 1.29 is 0 Å². The molecule has 1 heterocycles. The SMILES string of the molecule is CC(C)(C1CC1)n1nnnc1-c1ccc(N)cc1N. The molecule has 6 heteroatoms. The zero-order chi connectivity index (χ0) is 13.6. The summed E-state index contributed by atoms with van der Waals surface area (Å²) in [5, 5.41) is 12.1. The number of anilines is 2. The highest BCUT2D eigenvalue weighted by molar-refractivity contribution is 5.74. The molecule has 100 valence electrons. The third-order valence-electron chi connectivity index (χ3n) is 3.91. The summed E-state index contributed by atoms with van der Waals surface area (Å²) in [5.41, 5.74) is 13.7. The summed E-state index contributed by atoms with van der Waals surface area (Å²) in [4.78, 5) is 0. The van der Waals surface area contributed by atoms with Crippen molar-refractivity contribution in [2.45, 2.75) is 32.2 Å². The van der Waals surface area contributed by atoms with Crippen LogP contribution in [0.25, 0.3) is 11.4 Å². The van der Waals surface area contributed by atoms with Crippen LogP contribution >= 0.6 is 0 Å². The molecule has 0 amide bonds. The van der Waals surface area contributed by atoms with Gasteiger partial charge in [-0.2, -0.15) is 0 Å². The maximum absolute atomic E-state index is 6.03. The van der Waals surface area contributed by atoms with Gasteiger partial charge in [-0.25, -0.2) is 4.68 Å². The minimum Gasteiger partial charge on any atom is -0.399 e. The Morgan fingerprint density at radius 2 is 2.00 bits per heavy atom. The van der Waals surface area contributed by atoms with Crippen molar-refractivity contribution in [3.63, 3.8) is 0 Å². The molecule has 6 nitrogen and oxygen atoms in total. The summed E-state index contributed by atoms with van der Waals surface area (Å²) in [6, 6.07) is 5.42. The second-order valence-corrected chi connectivity index (χ2v) is 5.69. The molecular formula is C13H18N6. The highest BCUT2D eigenvalue weighted by Crippen LogP contribution is 2.44. The fraction of sp³-hybridized carbons (Fsp3) is 0.462. The van der Waals surface area contributed by atoms with Gasteiger partial charge in [-0.15, -0.1) is 5.10 Å². The second kappa shape index (κ2) is 3.94. The summed E-state index contributed by atoms with van der Waals surface area (Å²) >= 11 is 0. The minimum absolute atomic E-state index is 0.0906. The van der Waals surface area contributed by atoms with Gasteiger partial charge in [0.25, 0.3) is 0 Å². The highest BCUT2D eigenvalue weighted by atomic mass is 15.6. The van der Waals surface area contributed by atoms with Gasteiger partial charge in [0.1, 0.15) is 0 Å². The molecule has 1 aromatic heterocycles. The maximum Gasteiger partial charge on any atom is 0.184 e. The third-order valence-corrected chi connectivity index (χ3v) is 3.91. The normalized spacial score (nSPS) is 15.7. The summed E-state index contributed by atoms with van der Waals surface area (Å²) in [7, 11) is 0. The molecule has 3 rings (SSSR count). The van der Waals surface area contributed by atoms with Crippen molar-refractivity contribution in [2.75, 3.05) is 11.5 Å². The second-order valence-electron chi connectivity index (χ2n) is 5.69. The lowest BCUT2D eigenvalue weighted by molar-refractivity contribution is 0.271. The molecule has 0 bridgehead atoms. The Morgan fingerprint density at radius 1 is 1.26 bits per heavy atom. The van der Waals surface area contributed by atoms with E-state index in [1.165, 1.54) is 12.8 Å². The van der Waals surface area contributed by atoms with Gasteiger partial charge in [-0.1, -0.05) is 0 Å².